The van der Waals surface area contributed by atoms with Gasteiger partial charge in [-0.25, -0.2) is 0 Å². The molecule has 1 N–H and O–H groups in total. The number of aromatic nitrogens is 1. The average molecular weight is 273 g/mol. The number of nitriles is 1. The highest BCUT2D eigenvalue weighted by molar-refractivity contribution is 5.61. The van der Waals surface area contributed by atoms with Gasteiger partial charge in [-0.05, 0) is 19.9 Å². The molecule has 0 fully saturated rings. The van der Waals surface area contributed by atoms with Crippen LogP contribution < -0.4 is 4.90 Å². The number of hydrogen-bond donors (Lipinski definition) is 1. The van der Waals surface area contributed by atoms with Gasteiger partial charge in [0, 0.05) is 12.2 Å². The summed E-state index contributed by atoms with van der Waals surface area (Å²) in [6, 6.07) is 3.29. The molecular formula is C12H14F3N3O. The van der Waals surface area contributed by atoms with Crippen LogP contribution in [0.15, 0.2) is 6.07 Å². The topological polar surface area (TPSA) is 60.1 Å². The van der Waals surface area contributed by atoms with E-state index in [0.717, 1.165) is 4.90 Å². The van der Waals surface area contributed by atoms with E-state index >= 15 is 0 Å². The minimum atomic E-state index is -4.41. The highest BCUT2D eigenvalue weighted by Crippen LogP contribution is 2.26. The summed E-state index contributed by atoms with van der Waals surface area (Å²) in [4.78, 5) is 5.00. The normalized spacial score (nSPS) is 11.2. The van der Waals surface area contributed by atoms with Crippen molar-refractivity contribution in [1.82, 2.24) is 4.98 Å². The third-order valence-electron chi connectivity index (χ3n) is 2.50. The first-order chi connectivity index (χ1) is 8.78. The van der Waals surface area contributed by atoms with E-state index in [4.69, 9.17) is 10.4 Å². The lowest BCUT2D eigenvalue weighted by molar-refractivity contribution is -0.119. The minimum Gasteiger partial charge on any atom is -0.395 e. The van der Waals surface area contributed by atoms with Crippen molar-refractivity contribution in [2.45, 2.75) is 20.0 Å². The number of halogens is 3. The maximum Gasteiger partial charge on any atom is 0.405 e. The zero-order chi connectivity index (χ0) is 14.6. The van der Waals surface area contributed by atoms with E-state index in [-0.39, 0.29) is 17.8 Å². The number of aliphatic hydroxyl groups is 1. The van der Waals surface area contributed by atoms with Crippen molar-refractivity contribution >= 4 is 5.69 Å². The second-order valence-electron chi connectivity index (χ2n) is 4.12. The van der Waals surface area contributed by atoms with Crippen molar-refractivity contribution in [3.63, 3.8) is 0 Å². The van der Waals surface area contributed by atoms with Crippen LogP contribution in [-0.4, -0.2) is 36.0 Å². The van der Waals surface area contributed by atoms with Crippen molar-refractivity contribution in [2.24, 2.45) is 0 Å². The summed E-state index contributed by atoms with van der Waals surface area (Å²) in [6.07, 6.45) is -4.41. The lowest BCUT2D eigenvalue weighted by Gasteiger charge is -2.26. The molecule has 1 aromatic rings. The van der Waals surface area contributed by atoms with Crippen LogP contribution in [0.1, 0.15) is 17.0 Å². The van der Waals surface area contributed by atoms with E-state index in [1.54, 1.807) is 13.8 Å². The molecular weight excluding hydrogens is 259 g/mol. The predicted molar refractivity (Wildman–Crippen MR) is 63.8 cm³/mol. The van der Waals surface area contributed by atoms with E-state index < -0.39 is 19.3 Å². The first-order valence-electron chi connectivity index (χ1n) is 5.59. The lowest BCUT2D eigenvalue weighted by atomic mass is 10.1. The number of hydrogen-bond acceptors (Lipinski definition) is 4. The highest BCUT2D eigenvalue weighted by Gasteiger charge is 2.32. The van der Waals surface area contributed by atoms with E-state index in [1.807, 2.05) is 6.07 Å². The van der Waals surface area contributed by atoms with Crippen molar-refractivity contribution in [1.29, 1.82) is 5.26 Å². The van der Waals surface area contributed by atoms with E-state index in [2.05, 4.69) is 4.98 Å². The van der Waals surface area contributed by atoms with Crippen LogP contribution in [-0.2, 0) is 0 Å². The van der Waals surface area contributed by atoms with Gasteiger partial charge in [-0.3, -0.25) is 4.98 Å². The number of aryl methyl sites for hydroxylation is 2. The molecule has 1 aromatic heterocycles. The van der Waals surface area contributed by atoms with Crippen molar-refractivity contribution in [3.05, 3.63) is 23.0 Å². The van der Waals surface area contributed by atoms with Crippen molar-refractivity contribution in [2.75, 3.05) is 24.6 Å². The van der Waals surface area contributed by atoms with Crippen molar-refractivity contribution in [3.8, 4) is 6.07 Å². The van der Waals surface area contributed by atoms with Gasteiger partial charge in [-0.15, -0.1) is 0 Å². The number of aliphatic hydroxyl groups excluding tert-OH is 1. The molecule has 0 aliphatic carbocycles. The third-order valence-corrected chi connectivity index (χ3v) is 2.50. The molecule has 0 bridgehead atoms. The molecule has 0 spiro atoms. The Labute approximate surface area is 109 Å². The maximum absolute atomic E-state index is 12.5. The monoisotopic (exact) mass is 273 g/mol. The Bertz CT molecular complexity index is 494. The number of rotatable bonds is 4. The number of alkyl halides is 3. The molecule has 0 aromatic carbocycles. The van der Waals surface area contributed by atoms with Gasteiger partial charge in [-0.2, -0.15) is 18.4 Å². The molecule has 1 rings (SSSR count). The fourth-order valence-electron chi connectivity index (χ4n) is 1.82. The Balaban J connectivity index is 3.26. The van der Waals surface area contributed by atoms with Crippen molar-refractivity contribution < 1.29 is 18.3 Å². The first-order valence-corrected chi connectivity index (χ1v) is 5.59. The minimum absolute atomic E-state index is 0.100. The molecule has 0 unspecified atom stereocenters. The van der Waals surface area contributed by atoms with Crippen LogP contribution in [0.25, 0.3) is 0 Å². The summed E-state index contributed by atoms with van der Waals surface area (Å²) in [5.74, 6) is 0. The lowest BCUT2D eigenvalue weighted by Crippen LogP contribution is -2.37. The smallest absolute Gasteiger partial charge is 0.395 e. The maximum atomic E-state index is 12.5. The van der Waals surface area contributed by atoms with Gasteiger partial charge < -0.3 is 10.0 Å². The zero-order valence-corrected chi connectivity index (χ0v) is 10.6. The molecule has 1 heterocycles. The van der Waals surface area contributed by atoms with E-state index in [0.29, 0.717) is 11.4 Å². The molecule has 0 amide bonds. The fraction of sp³-hybridized carbons (Fsp3) is 0.500. The molecule has 0 atom stereocenters. The fourth-order valence-corrected chi connectivity index (χ4v) is 1.82. The molecule has 19 heavy (non-hydrogen) atoms. The summed E-state index contributed by atoms with van der Waals surface area (Å²) in [6.45, 7) is 1.37. The van der Waals surface area contributed by atoms with Crippen LogP contribution in [0.2, 0.25) is 0 Å². The summed E-state index contributed by atoms with van der Waals surface area (Å²) in [5.41, 5.74) is 1.15. The van der Waals surface area contributed by atoms with Gasteiger partial charge in [0.1, 0.15) is 12.6 Å². The highest BCUT2D eigenvalue weighted by atomic mass is 19.4. The SMILES string of the molecule is Cc1cc(N(CCO)CC(F)(F)F)c(C#N)c(C)n1. The number of pyridine rings is 1. The second kappa shape index (κ2) is 5.89. The van der Waals surface area contributed by atoms with Gasteiger partial charge in [0.2, 0.25) is 0 Å². The van der Waals surface area contributed by atoms with E-state index in [9.17, 15) is 13.2 Å². The molecule has 4 nitrogen and oxygen atoms in total. The van der Waals surface area contributed by atoms with Crippen LogP contribution >= 0.6 is 0 Å². The Kier molecular flexibility index (Phi) is 4.72. The first kappa shape index (κ1) is 15.2. The van der Waals surface area contributed by atoms with Gasteiger partial charge >= 0.3 is 6.18 Å². The summed E-state index contributed by atoms with van der Waals surface area (Å²) < 4.78 is 37.6. The Morgan fingerprint density at radius 2 is 2.05 bits per heavy atom. The second-order valence-corrected chi connectivity index (χ2v) is 4.12. The molecule has 7 heteroatoms. The third kappa shape index (κ3) is 4.10. The van der Waals surface area contributed by atoms with Crippen LogP contribution in [0.4, 0.5) is 18.9 Å². The number of nitrogens with zero attached hydrogens (tertiary/aromatic N) is 3. The quantitative estimate of drug-likeness (QED) is 0.910. The van der Waals surface area contributed by atoms with Crippen LogP contribution in [0.3, 0.4) is 0 Å². The molecule has 0 aliphatic heterocycles. The molecule has 0 aliphatic rings. The zero-order valence-electron chi connectivity index (χ0n) is 10.6. The molecule has 104 valence electrons. The largest absolute Gasteiger partial charge is 0.405 e. The van der Waals surface area contributed by atoms with E-state index in [1.165, 1.54) is 6.07 Å². The summed E-state index contributed by atoms with van der Waals surface area (Å²) >= 11 is 0. The molecule has 0 saturated carbocycles. The molecule has 0 saturated heterocycles. The van der Waals surface area contributed by atoms with Crippen LogP contribution in [0.5, 0.6) is 0 Å². The predicted octanol–water partition coefficient (Wildman–Crippen LogP) is 1.93. The Morgan fingerprint density at radius 1 is 1.42 bits per heavy atom. The van der Waals surface area contributed by atoms with Gasteiger partial charge in [0.25, 0.3) is 0 Å². The molecule has 0 radical (unpaired) electrons. The van der Waals surface area contributed by atoms with Gasteiger partial charge in [0.05, 0.1) is 23.6 Å². The average Bonchev–Trinajstić information content (AvgIpc) is 2.25. The number of anilines is 1. The Hall–Kier alpha value is -1.81. The summed E-state index contributed by atoms with van der Waals surface area (Å²) in [7, 11) is 0. The standard InChI is InChI=1S/C12H14F3N3O/c1-8-5-11(10(6-16)9(2)17-8)18(3-4-19)7-12(13,14)15/h5,19H,3-4,7H2,1-2H3. The van der Waals surface area contributed by atoms with Crippen LogP contribution in [0, 0.1) is 25.2 Å². The van der Waals surface area contributed by atoms with Gasteiger partial charge in [-0.1, -0.05) is 0 Å². The Morgan fingerprint density at radius 3 is 2.53 bits per heavy atom. The summed E-state index contributed by atoms with van der Waals surface area (Å²) in [5, 5.41) is 17.9. The van der Waals surface area contributed by atoms with Gasteiger partial charge in [0.15, 0.2) is 0 Å².